The molecule has 0 bridgehead atoms. The number of carbonyl (C=O) groups is 2. The van der Waals surface area contributed by atoms with Gasteiger partial charge in [0, 0.05) is 17.4 Å². The Balaban J connectivity index is 2.00. The van der Waals surface area contributed by atoms with E-state index >= 15 is 0 Å². The van der Waals surface area contributed by atoms with E-state index in [0.717, 1.165) is 5.56 Å². The van der Waals surface area contributed by atoms with Crippen molar-refractivity contribution in [3.05, 3.63) is 35.1 Å². The van der Waals surface area contributed by atoms with Crippen molar-refractivity contribution >= 4 is 11.6 Å². The van der Waals surface area contributed by atoms with Crippen LogP contribution >= 0.6 is 0 Å². The smallest absolute Gasteiger partial charge is 0.202 e. The van der Waals surface area contributed by atoms with Gasteiger partial charge >= 0.3 is 0 Å². The first-order valence-electron chi connectivity index (χ1n) is 8.01. The van der Waals surface area contributed by atoms with Crippen LogP contribution in [0.5, 0.6) is 11.5 Å². The van der Waals surface area contributed by atoms with E-state index in [-0.39, 0.29) is 41.0 Å². The Morgan fingerprint density at radius 3 is 2.08 bits per heavy atom. The molecule has 2 unspecified atom stereocenters. The van der Waals surface area contributed by atoms with Crippen LogP contribution in [-0.4, -0.2) is 32.9 Å². The van der Waals surface area contributed by atoms with E-state index in [1.807, 2.05) is 25.1 Å². The molecule has 0 saturated heterocycles. The summed E-state index contributed by atoms with van der Waals surface area (Å²) < 4.78 is 15.8. The molecule has 0 aromatic heterocycles. The van der Waals surface area contributed by atoms with Gasteiger partial charge in [0.2, 0.25) is 5.78 Å². The lowest BCUT2D eigenvalue weighted by molar-refractivity contribution is -0.145. The zero-order chi connectivity index (χ0) is 17.6. The molecule has 128 valence electrons. The van der Waals surface area contributed by atoms with Crippen molar-refractivity contribution in [2.45, 2.75) is 19.8 Å². The first-order chi connectivity index (χ1) is 11.5. The average Bonchev–Trinajstić information content (AvgIpc) is 2.58. The molecule has 1 fully saturated rings. The largest absolute Gasteiger partial charge is 0.493 e. The summed E-state index contributed by atoms with van der Waals surface area (Å²) in [6, 6.07) is 5.67. The fourth-order valence-electron chi connectivity index (χ4n) is 4.21. The maximum atomic E-state index is 12.8. The lowest BCUT2D eigenvalue weighted by Gasteiger charge is -2.51. The van der Waals surface area contributed by atoms with Crippen LogP contribution in [0.4, 0.5) is 0 Å². The van der Waals surface area contributed by atoms with Gasteiger partial charge in [-0.2, -0.15) is 0 Å². The summed E-state index contributed by atoms with van der Waals surface area (Å²) in [4.78, 5) is 25.4. The van der Waals surface area contributed by atoms with Gasteiger partial charge in [0.1, 0.15) is 0 Å². The van der Waals surface area contributed by atoms with E-state index in [1.165, 1.54) is 7.11 Å². The Hall–Kier alpha value is -2.30. The van der Waals surface area contributed by atoms with Gasteiger partial charge in [-0.05, 0) is 36.5 Å². The molecular weight excluding hydrogens is 308 g/mol. The van der Waals surface area contributed by atoms with Crippen molar-refractivity contribution in [2.24, 2.45) is 17.8 Å². The fourth-order valence-corrected chi connectivity index (χ4v) is 4.21. The minimum absolute atomic E-state index is 0.0236. The van der Waals surface area contributed by atoms with Crippen LogP contribution in [0.15, 0.2) is 29.5 Å². The van der Waals surface area contributed by atoms with Gasteiger partial charge in [0.25, 0.3) is 0 Å². The Morgan fingerprint density at radius 2 is 1.50 bits per heavy atom. The summed E-state index contributed by atoms with van der Waals surface area (Å²) in [7, 11) is 4.61. The molecule has 5 heteroatoms. The quantitative estimate of drug-likeness (QED) is 0.849. The number of allylic oxidation sites excluding steroid dienone is 2. The van der Waals surface area contributed by atoms with Gasteiger partial charge in [-0.1, -0.05) is 13.0 Å². The zero-order valence-electron chi connectivity index (χ0n) is 14.6. The van der Waals surface area contributed by atoms with Crippen molar-refractivity contribution in [3.63, 3.8) is 0 Å². The van der Waals surface area contributed by atoms with E-state index in [0.29, 0.717) is 17.1 Å². The Morgan fingerprint density at radius 1 is 0.833 bits per heavy atom. The summed E-state index contributed by atoms with van der Waals surface area (Å²) in [5, 5.41) is 0. The molecule has 2 aliphatic carbocycles. The van der Waals surface area contributed by atoms with E-state index in [1.54, 1.807) is 21.1 Å². The maximum Gasteiger partial charge on any atom is 0.202 e. The number of ether oxygens (including phenoxy) is 3. The Labute approximate surface area is 141 Å². The second-order valence-corrected chi connectivity index (χ2v) is 6.44. The first kappa shape index (κ1) is 16.6. The highest BCUT2D eigenvalue weighted by Gasteiger charge is 2.59. The topological polar surface area (TPSA) is 61.8 Å². The highest BCUT2D eigenvalue weighted by Crippen LogP contribution is 2.57. The lowest BCUT2D eigenvalue weighted by Crippen LogP contribution is -2.55. The van der Waals surface area contributed by atoms with E-state index in [2.05, 4.69) is 0 Å². The maximum absolute atomic E-state index is 12.8. The van der Waals surface area contributed by atoms with Gasteiger partial charge in [-0.15, -0.1) is 0 Å². The molecule has 0 heterocycles. The second kappa shape index (κ2) is 5.96. The number of carbonyl (C=O) groups excluding carboxylic acids is 2. The molecule has 2 aliphatic rings. The molecule has 0 N–H and O–H groups in total. The van der Waals surface area contributed by atoms with Crippen molar-refractivity contribution in [1.82, 2.24) is 0 Å². The summed E-state index contributed by atoms with van der Waals surface area (Å²) in [6.07, 6.45) is 0. The Kier molecular flexibility index (Phi) is 4.11. The molecule has 1 aromatic rings. The summed E-state index contributed by atoms with van der Waals surface area (Å²) in [6.45, 7) is 3.70. The second-order valence-electron chi connectivity index (χ2n) is 6.44. The lowest BCUT2D eigenvalue weighted by atomic mass is 9.50. The van der Waals surface area contributed by atoms with Crippen LogP contribution in [0.1, 0.15) is 25.3 Å². The molecular formula is C19H22O5. The van der Waals surface area contributed by atoms with Crippen molar-refractivity contribution in [3.8, 4) is 11.5 Å². The number of rotatable bonds is 4. The predicted molar refractivity (Wildman–Crippen MR) is 88.2 cm³/mol. The molecule has 5 nitrogen and oxygen atoms in total. The fraction of sp³-hybridized carbons (Fsp3) is 0.474. The first-order valence-corrected chi connectivity index (χ1v) is 8.01. The molecule has 24 heavy (non-hydrogen) atoms. The van der Waals surface area contributed by atoms with Crippen molar-refractivity contribution in [2.75, 3.05) is 21.3 Å². The number of hydrogen-bond acceptors (Lipinski definition) is 5. The van der Waals surface area contributed by atoms with Gasteiger partial charge in [-0.25, -0.2) is 0 Å². The molecule has 0 amide bonds. The van der Waals surface area contributed by atoms with Gasteiger partial charge < -0.3 is 14.2 Å². The third-order valence-electron chi connectivity index (χ3n) is 5.44. The molecule has 1 saturated carbocycles. The van der Waals surface area contributed by atoms with Crippen LogP contribution < -0.4 is 9.47 Å². The molecule has 3 rings (SSSR count). The van der Waals surface area contributed by atoms with Gasteiger partial charge in [0.15, 0.2) is 23.0 Å². The third-order valence-corrected chi connectivity index (χ3v) is 5.44. The highest BCUT2D eigenvalue weighted by molar-refractivity contribution is 6.14. The SMILES string of the molecule is COC1=C(C)C(=O)C2C(C1=O)[C@H](c1ccc(OC)c(OC)c1)[C@H]2C. The number of methoxy groups -OCH3 is 3. The van der Waals surface area contributed by atoms with Crippen molar-refractivity contribution < 1.29 is 23.8 Å². The highest BCUT2D eigenvalue weighted by atomic mass is 16.5. The molecule has 4 atom stereocenters. The average molecular weight is 330 g/mol. The van der Waals surface area contributed by atoms with E-state index < -0.39 is 0 Å². The molecule has 1 aromatic carbocycles. The van der Waals surface area contributed by atoms with Crippen LogP contribution in [-0.2, 0) is 14.3 Å². The minimum Gasteiger partial charge on any atom is -0.493 e. The number of benzene rings is 1. The van der Waals surface area contributed by atoms with Gasteiger partial charge in [0.05, 0.1) is 21.3 Å². The number of fused-ring (bicyclic) bond motifs is 1. The van der Waals surface area contributed by atoms with Crippen LogP contribution in [0.2, 0.25) is 0 Å². The minimum atomic E-state index is -0.357. The predicted octanol–water partition coefficient (Wildman–Crippen LogP) is 2.74. The van der Waals surface area contributed by atoms with E-state index in [4.69, 9.17) is 14.2 Å². The monoisotopic (exact) mass is 330 g/mol. The summed E-state index contributed by atoms with van der Waals surface area (Å²) >= 11 is 0. The summed E-state index contributed by atoms with van der Waals surface area (Å²) in [5.41, 5.74) is 1.43. The van der Waals surface area contributed by atoms with Crippen molar-refractivity contribution in [1.29, 1.82) is 0 Å². The number of ketones is 2. The Bertz CT molecular complexity index is 733. The number of Topliss-reactive ketones (excluding diaryl/α,β-unsaturated/α-hetero) is 2. The normalized spacial score (nSPS) is 29.0. The summed E-state index contributed by atoms with van der Waals surface area (Å²) in [5.74, 6) is 0.890. The van der Waals surface area contributed by atoms with Gasteiger partial charge in [-0.3, -0.25) is 9.59 Å². The van der Waals surface area contributed by atoms with E-state index in [9.17, 15) is 9.59 Å². The number of hydrogen-bond donors (Lipinski definition) is 0. The van der Waals surface area contributed by atoms with Crippen LogP contribution in [0.3, 0.4) is 0 Å². The standard InChI is InChI=1S/C19H22O5/c1-9-14(11-6-7-12(22-3)13(8-11)23-4)16-15(9)17(20)10(2)19(24-5)18(16)21/h6-9,14-16H,1-5H3/t9-,14+,15?,16?/m1/s1. The third kappa shape index (κ3) is 2.14. The molecule has 0 aliphatic heterocycles. The zero-order valence-corrected chi connectivity index (χ0v) is 14.6. The molecule has 0 spiro atoms. The van der Waals surface area contributed by atoms with Crippen LogP contribution in [0.25, 0.3) is 0 Å². The van der Waals surface area contributed by atoms with Crippen LogP contribution in [0, 0.1) is 17.8 Å². The molecule has 0 radical (unpaired) electrons.